The van der Waals surface area contributed by atoms with Crippen molar-refractivity contribution in [3.8, 4) is 0 Å². The van der Waals surface area contributed by atoms with Gasteiger partial charge in [0.1, 0.15) is 11.2 Å². The molecule has 1 amide bonds. The van der Waals surface area contributed by atoms with E-state index in [-0.39, 0.29) is 17.7 Å². The van der Waals surface area contributed by atoms with Crippen LogP contribution in [-0.4, -0.2) is 26.1 Å². The quantitative estimate of drug-likeness (QED) is 0.676. The number of aryl methyl sites for hydroxylation is 3. The van der Waals surface area contributed by atoms with Gasteiger partial charge in [0.25, 0.3) is 0 Å². The number of benzene rings is 1. The molecule has 146 valence electrons. The lowest BCUT2D eigenvalue weighted by molar-refractivity contribution is -0.120. The van der Waals surface area contributed by atoms with Crippen molar-refractivity contribution in [2.24, 2.45) is 0 Å². The smallest absolute Gasteiger partial charge is 0.340 e. The molecule has 0 saturated carbocycles. The molecular formula is C20H19NO6S. The average Bonchev–Trinajstić information content (AvgIpc) is 3.14. The van der Waals surface area contributed by atoms with Gasteiger partial charge in [-0.1, -0.05) is 0 Å². The SMILES string of the molecule is Cc1coc2c1c(C)cc1oc(=O)c(CC(=O)NC3C=CS(=O)(=O)C3)c(C)c12. The number of hydrogen-bond acceptors (Lipinski definition) is 6. The molecule has 0 spiro atoms. The number of hydrogen-bond donors (Lipinski definition) is 1. The van der Waals surface area contributed by atoms with E-state index in [0.29, 0.717) is 22.1 Å². The third-order valence-corrected chi connectivity index (χ3v) is 6.48. The van der Waals surface area contributed by atoms with E-state index in [1.54, 1.807) is 19.3 Å². The van der Waals surface area contributed by atoms with Gasteiger partial charge < -0.3 is 14.2 Å². The summed E-state index contributed by atoms with van der Waals surface area (Å²) in [7, 11) is -3.27. The molecule has 0 fully saturated rings. The van der Waals surface area contributed by atoms with Gasteiger partial charge in [-0.15, -0.1) is 0 Å². The molecule has 1 atom stereocenters. The molecule has 28 heavy (non-hydrogen) atoms. The summed E-state index contributed by atoms with van der Waals surface area (Å²) in [6, 6.07) is 1.21. The largest absolute Gasteiger partial charge is 0.463 e. The Kier molecular flexibility index (Phi) is 4.19. The van der Waals surface area contributed by atoms with Crippen molar-refractivity contribution in [1.29, 1.82) is 0 Å². The summed E-state index contributed by atoms with van der Waals surface area (Å²) >= 11 is 0. The number of rotatable bonds is 3. The summed E-state index contributed by atoms with van der Waals surface area (Å²) in [6.45, 7) is 5.62. The van der Waals surface area contributed by atoms with E-state index in [1.165, 1.54) is 6.08 Å². The van der Waals surface area contributed by atoms with Crippen molar-refractivity contribution >= 4 is 37.7 Å². The van der Waals surface area contributed by atoms with E-state index in [1.807, 2.05) is 13.8 Å². The maximum absolute atomic E-state index is 12.5. The van der Waals surface area contributed by atoms with Crippen LogP contribution in [0, 0.1) is 20.8 Å². The van der Waals surface area contributed by atoms with E-state index in [9.17, 15) is 18.0 Å². The van der Waals surface area contributed by atoms with Crippen LogP contribution in [0.5, 0.6) is 0 Å². The normalized spacial score (nSPS) is 18.2. The van der Waals surface area contributed by atoms with Crippen LogP contribution in [-0.2, 0) is 21.1 Å². The highest BCUT2D eigenvalue weighted by atomic mass is 32.2. The van der Waals surface area contributed by atoms with E-state index in [4.69, 9.17) is 8.83 Å². The molecule has 3 aromatic rings. The Labute approximate surface area is 160 Å². The monoisotopic (exact) mass is 401 g/mol. The van der Waals surface area contributed by atoms with Crippen molar-refractivity contribution < 1.29 is 22.0 Å². The Hall–Kier alpha value is -2.87. The van der Waals surface area contributed by atoms with Crippen molar-refractivity contribution in [3.63, 3.8) is 0 Å². The Bertz CT molecular complexity index is 1330. The molecule has 0 saturated heterocycles. The Morgan fingerprint density at radius 1 is 1.21 bits per heavy atom. The predicted octanol–water partition coefficient (Wildman–Crippen LogP) is 2.43. The van der Waals surface area contributed by atoms with Crippen LogP contribution in [0.25, 0.3) is 21.9 Å². The minimum absolute atomic E-state index is 0.171. The summed E-state index contributed by atoms with van der Waals surface area (Å²) < 4.78 is 34.1. The van der Waals surface area contributed by atoms with Gasteiger partial charge in [-0.3, -0.25) is 4.79 Å². The molecule has 4 rings (SSSR count). The lowest BCUT2D eigenvalue weighted by atomic mass is 9.98. The van der Waals surface area contributed by atoms with Crippen LogP contribution < -0.4 is 10.9 Å². The molecule has 0 aliphatic carbocycles. The van der Waals surface area contributed by atoms with E-state index in [0.717, 1.165) is 21.9 Å². The molecule has 3 heterocycles. The highest BCUT2D eigenvalue weighted by Crippen LogP contribution is 2.34. The summed E-state index contributed by atoms with van der Waals surface area (Å²) in [6.07, 6.45) is 2.88. The fraction of sp³-hybridized carbons (Fsp3) is 0.300. The summed E-state index contributed by atoms with van der Waals surface area (Å²) in [5.74, 6) is -0.615. The van der Waals surface area contributed by atoms with Gasteiger partial charge in [-0.2, -0.15) is 0 Å². The molecule has 7 nitrogen and oxygen atoms in total. The first kappa shape index (κ1) is 18.5. The van der Waals surface area contributed by atoms with Crippen LogP contribution in [0.4, 0.5) is 0 Å². The Balaban J connectivity index is 1.74. The van der Waals surface area contributed by atoms with Gasteiger partial charge in [-0.25, -0.2) is 13.2 Å². The molecule has 0 radical (unpaired) electrons. The summed E-state index contributed by atoms with van der Waals surface area (Å²) in [5, 5.41) is 5.34. The van der Waals surface area contributed by atoms with Crippen LogP contribution in [0.1, 0.15) is 22.3 Å². The standard InChI is InChI=1S/C20H19NO6S/c1-10-6-15-18(19-17(10)11(2)8-26-19)12(3)14(20(23)27-15)7-16(22)21-13-4-5-28(24,25)9-13/h4-6,8,13H,7,9H2,1-3H3,(H,21,22). The number of carbonyl (C=O) groups excluding carboxylic acids is 1. The summed E-state index contributed by atoms with van der Waals surface area (Å²) in [5.41, 5.74) is 3.22. The number of nitrogens with one attached hydrogen (secondary N) is 1. The second-order valence-electron chi connectivity index (χ2n) is 7.19. The predicted molar refractivity (Wildman–Crippen MR) is 105 cm³/mol. The zero-order valence-electron chi connectivity index (χ0n) is 15.7. The number of sulfone groups is 1. The van der Waals surface area contributed by atoms with Gasteiger partial charge in [0.15, 0.2) is 9.84 Å². The number of furan rings is 1. The first-order valence-electron chi connectivity index (χ1n) is 8.80. The molecule has 8 heteroatoms. The van der Waals surface area contributed by atoms with Crippen molar-refractivity contribution in [2.45, 2.75) is 33.2 Å². The number of fused-ring (bicyclic) bond motifs is 3. The number of amides is 1. The molecule has 2 aromatic heterocycles. The fourth-order valence-corrected chi connectivity index (χ4v) is 5.00. The second kappa shape index (κ2) is 6.34. The Morgan fingerprint density at radius 3 is 2.64 bits per heavy atom. The van der Waals surface area contributed by atoms with Gasteiger partial charge >= 0.3 is 5.63 Å². The van der Waals surface area contributed by atoms with Crippen molar-refractivity contribution in [3.05, 3.63) is 56.5 Å². The molecule has 1 aliphatic heterocycles. The third kappa shape index (κ3) is 3.03. The van der Waals surface area contributed by atoms with Crippen LogP contribution >= 0.6 is 0 Å². The number of carbonyl (C=O) groups is 1. The maximum Gasteiger partial charge on any atom is 0.340 e. The molecular weight excluding hydrogens is 382 g/mol. The summed E-state index contributed by atoms with van der Waals surface area (Å²) in [4.78, 5) is 24.9. The molecule has 1 N–H and O–H groups in total. The van der Waals surface area contributed by atoms with Crippen LogP contribution in [0.3, 0.4) is 0 Å². The minimum Gasteiger partial charge on any atom is -0.463 e. The van der Waals surface area contributed by atoms with E-state index < -0.39 is 27.4 Å². The third-order valence-electron chi connectivity index (χ3n) is 5.08. The highest BCUT2D eigenvalue weighted by molar-refractivity contribution is 7.94. The second-order valence-corrected chi connectivity index (χ2v) is 9.12. The lowest BCUT2D eigenvalue weighted by Crippen LogP contribution is -2.37. The molecule has 1 unspecified atom stereocenters. The maximum atomic E-state index is 12.5. The van der Waals surface area contributed by atoms with Crippen LogP contribution in [0.15, 0.2) is 37.4 Å². The first-order valence-corrected chi connectivity index (χ1v) is 10.5. The van der Waals surface area contributed by atoms with Crippen LogP contribution in [0.2, 0.25) is 0 Å². The fourth-order valence-electron chi connectivity index (χ4n) is 3.76. The van der Waals surface area contributed by atoms with Crippen molar-refractivity contribution in [1.82, 2.24) is 5.32 Å². The lowest BCUT2D eigenvalue weighted by Gasteiger charge is -2.12. The highest BCUT2D eigenvalue weighted by Gasteiger charge is 2.25. The zero-order valence-corrected chi connectivity index (χ0v) is 16.5. The van der Waals surface area contributed by atoms with Gasteiger partial charge in [-0.05, 0) is 49.6 Å². The van der Waals surface area contributed by atoms with Gasteiger partial charge in [0.05, 0.1) is 35.4 Å². The van der Waals surface area contributed by atoms with Gasteiger partial charge in [0, 0.05) is 10.8 Å². The van der Waals surface area contributed by atoms with Gasteiger partial charge in [0.2, 0.25) is 5.91 Å². The molecule has 1 aliphatic rings. The van der Waals surface area contributed by atoms with E-state index >= 15 is 0 Å². The molecule has 0 bridgehead atoms. The topological polar surface area (TPSA) is 107 Å². The minimum atomic E-state index is -3.27. The molecule has 1 aromatic carbocycles. The van der Waals surface area contributed by atoms with Crippen molar-refractivity contribution in [2.75, 3.05) is 5.75 Å². The van der Waals surface area contributed by atoms with E-state index in [2.05, 4.69) is 5.32 Å². The zero-order chi connectivity index (χ0) is 20.2. The Morgan fingerprint density at radius 2 is 1.96 bits per heavy atom. The average molecular weight is 401 g/mol. The first-order chi connectivity index (χ1) is 13.2.